The smallest absolute Gasteiger partial charge is 0.195 e. The lowest BCUT2D eigenvalue weighted by molar-refractivity contribution is 0.245. The molecule has 118 valence electrons. The summed E-state index contributed by atoms with van der Waals surface area (Å²) in [5.41, 5.74) is 13.5. The van der Waals surface area contributed by atoms with Gasteiger partial charge in [-0.1, -0.05) is 23.7 Å². The zero-order valence-corrected chi connectivity index (χ0v) is 13.1. The molecule has 0 aliphatic carbocycles. The maximum atomic E-state index is 6.66. The first kappa shape index (κ1) is 15.3. The standard InChI is InChI=1S/C15H21ClN6/c16-13-3-1-2-11(8-13)15(18)12(9-20-14(17)21-15)10-22-6-4-19-5-7-22/h1-3,8-9,19H,4-7,10,18H2,(H3,17,20,21). The second-order valence-electron chi connectivity index (χ2n) is 5.64. The molecule has 0 aromatic heterocycles. The fourth-order valence-corrected chi connectivity index (χ4v) is 3.02. The quantitative estimate of drug-likeness (QED) is 0.637. The van der Waals surface area contributed by atoms with Gasteiger partial charge in [0.25, 0.3) is 0 Å². The number of hydrogen-bond donors (Lipinski definition) is 4. The molecule has 0 radical (unpaired) electrons. The van der Waals surface area contributed by atoms with Crippen LogP contribution in [-0.2, 0) is 5.66 Å². The van der Waals surface area contributed by atoms with Crippen molar-refractivity contribution in [1.82, 2.24) is 15.5 Å². The Hall–Kier alpha value is -1.60. The highest BCUT2D eigenvalue weighted by atomic mass is 35.5. The van der Waals surface area contributed by atoms with E-state index in [2.05, 4.69) is 20.5 Å². The van der Waals surface area contributed by atoms with Crippen molar-refractivity contribution in [2.24, 2.45) is 16.5 Å². The van der Waals surface area contributed by atoms with Crippen LogP contribution >= 0.6 is 11.6 Å². The summed E-state index contributed by atoms with van der Waals surface area (Å²) < 4.78 is 0. The molecule has 1 aromatic carbocycles. The number of guanidine groups is 1. The fraction of sp³-hybridized carbons (Fsp3) is 0.400. The van der Waals surface area contributed by atoms with Crippen LogP contribution in [0, 0.1) is 0 Å². The topological polar surface area (TPSA) is 91.7 Å². The van der Waals surface area contributed by atoms with Crippen molar-refractivity contribution < 1.29 is 0 Å². The number of aliphatic imine (C=N–C) groups is 1. The summed E-state index contributed by atoms with van der Waals surface area (Å²) in [6, 6.07) is 7.52. The van der Waals surface area contributed by atoms with Gasteiger partial charge in [-0.05, 0) is 17.7 Å². The first-order chi connectivity index (χ1) is 10.6. The highest BCUT2D eigenvalue weighted by Gasteiger charge is 2.35. The molecule has 1 unspecified atom stereocenters. The molecule has 22 heavy (non-hydrogen) atoms. The van der Waals surface area contributed by atoms with E-state index in [0.717, 1.165) is 43.9 Å². The minimum atomic E-state index is -0.887. The predicted molar refractivity (Wildman–Crippen MR) is 89.5 cm³/mol. The SMILES string of the molecule is NC1=NC=C(CN2CCNCC2)C(N)(c2cccc(Cl)c2)N1. The van der Waals surface area contributed by atoms with Gasteiger partial charge in [-0.15, -0.1) is 0 Å². The number of nitrogens with zero attached hydrogens (tertiary/aromatic N) is 2. The summed E-state index contributed by atoms with van der Waals surface area (Å²) in [5.74, 6) is 0.312. The van der Waals surface area contributed by atoms with Gasteiger partial charge in [0.05, 0.1) is 0 Å². The van der Waals surface area contributed by atoms with Crippen molar-refractivity contribution in [3.05, 3.63) is 46.6 Å². The minimum Gasteiger partial charge on any atom is -0.370 e. The molecule has 6 N–H and O–H groups in total. The Morgan fingerprint density at radius 2 is 2.09 bits per heavy atom. The molecule has 1 aromatic rings. The van der Waals surface area contributed by atoms with Crippen LogP contribution in [0.2, 0.25) is 5.02 Å². The Morgan fingerprint density at radius 1 is 1.32 bits per heavy atom. The molecule has 2 heterocycles. The van der Waals surface area contributed by atoms with Crippen LogP contribution in [0.4, 0.5) is 0 Å². The van der Waals surface area contributed by atoms with E-state index in [1.165, 1.54) is 0 Å². The van der Waals surface area contributed by atoms with E-state index in [-0.39, 0.29) is 0 Å². The summed E-state index contributed by atoms with van der Waals surface area (Å²) in [5, 5.41) is 7.10. The van der Waals surface area contributed by atoms with Crippen LogP contribution < -0.4 is 22.1 Å². The maximum Gasteiger partial charge on any atom is 0.195 e. The molecule has 0 saturated carbocycles. The second-order valence-corrected chi connectivity index (χ2v) is 6.07. The molecular formula is C15H21ClN6. The van der Waals surface area contributed by atoms with Crippen molar-refractivity contribution >= 4 is 17.6 Å². The lowest BCUT2D eigenvalue weighted by Crippen LogP contribution is -2.60. The number of piperazine rings is 1. The van der Waals surface area contributed by atoms with Gasteiger partial charge >= 0.3 is 0 Å². The van der Waals surface area contributed by atoms with Crippen LogP contribution in [0.25, 0.3) is 0 Å². The summed E-state index contributed by atoms with van der Waals surface area (Å²) in [4.78, 5) is 6.54. The van der Waals surface area contributed by atoms with Gasteiger partial charge in [-0.25, -0.2) is 4.99 Å². The van der Waals surface area contributed by atoms with Gasteiger partial charge in [-0.3, -0.25) is 4.90 Å². The van der Waals surface area contributed by atoms with Gasteiger partial charge in [0.1, 0.15) is 5.66 Å². The molecule has 6 nitrogen and oxygen atoms in total. The maximum absolute atomic E-state index is 6.66. The summed E-state index contributed by atoms with van der Waals surface area (Å²) >= 11 is 6.12. The first-order valence-electron chi connectivity index (χ1n) is 7.37. The van der Waals surface area contributed by atoms with Gasteiger partial charge < -0.3 is 22.1 Å². The summed E-state index contributed by atoms with van der Waals surface area (Å²) in [7, 11) is 0. The van der Waals surface area contributed by atoms with Gasteiger partial charge in [0.15, 0.2) is 5.96 Å². The van der Waals surface area contributed by atoms with Crippen molar-refractivity contribution in [1.29, 1.82) is 0 Å². The molecule has 0 amide bonds. The molecule has 2 aliphatic rings. The highest BCUT2D eigenvalue weighted by Crippen LogP contribution is 2.28. The number of benzene rings is 1. The van der Waals surface area contributed by atoms with Crippen LogP contribution in [0.1, 0.15) is 5.56 Å². The van der Waals surface area contributed by atoms with E-state index in [4.69, 9.17) is 23.1 Å². The van der Waals surface area contributed by atoms with Crippen molar-refractivity contribution in [2.75, 3.05) is 32.7 Å². The number of nitrogens with two attached hydrogens (primary N) is 2. The largest absolute Gasteiger partial charge is 0.370 e. The molecule has 1 fully saturated rings. The van der Waals surface area contributed by atoms with Crippen LogP contribution in [0.5, 0.6) is 0 Å². The van der Waals surface area contributed by atoms with E-state index >= 15 is 0 Å². The van der Waals surface area contributed by atoms with Gasteiger partial charge in [0.2, 0.25) is 0 Å². The number of halogens is 1. The molecule has 1 saturated heterocycles. The predicted octanol–water partition coefficient (Wildman–Crippen LogP) is 0.159. The lowest BCUT2D eigenvalue weighted by atomic mass is 9.91. The number of hydrogen-bond acceptors (Lipinski definition) is 6. The second kappa shape index (κ2) is 6.26. The average Bonchev–Trinajstić information content (AvgIpc) is 2.51. The van der Waals surface area contributed by atoms with Crippen LogP contribution in [-0.4, -0.2) is 43.6 Å². The summed E-state index contributed by atoms with van der Waals surface area (Å²) in [6.45, 7) is 4.69. The molecular weight excluding hydrogens is 300 g/mol. The highest BCUT2D eigenvalue weighted by molar-refractivity contribution is 6.30. The van der Waals surface area contributed by atoms with E-state index in [9.17, 15) is 0 Å². The van der Waals surface area contributed by atoms with Gasteiger partial charge in [0, 0.05) is 49.5 Å². The Kier molecular flexibility index (Phi) is 4.35. The molecule has 0 bridgehead atoms. The first-order valence-corrected chi connectivity index (χ1v) is 7.75. The third-order valence-corrected chi connectivity index (χ3v) is 4.31. The average molecular weight is 321 g/mol. The van der Waals surface area contributed by atoms with Gasteiger partial charge in [-0.2, -0.15) is 0 Å². The third-order valence-electron chi connectivity index (χ3n) is 4.07. The number of rotatable bonds is 3. The third kappa shape index (κ3) is 3.10. The minimum absolute atomic E-state index is 0.312. The Morgan fingerprint density at radius 3 is 2.82 bits per heavy atom. The molecule has 1 atom stereocenters. The normalized spacial score (nSPS) is 26.1. The Balaban J connectivity index is 1.90. The molecule has 7 heteroatoms. The Labute approximate surface area is 135 Å². The van der Waals surface area contributed by atoms with E-state index in [1.807, 2.05) is 24.3 Å². The zero-order chi connectivity index (χ0) is 15.6. The fourth-order valence-electron chi connectivity index (χ4n) is 2.83. The zero-order valence-electron chi connectivity index (χ0n) is 12.3. The number of nitrogens with one attached hydrogen (secondary N) is 2. The Bertz CT molecular complexity index is 608. The van der Waals surface area contributed by atoms with E-state index < -0.39 is 5.66 Å². The molecule has 2 aliphatic heterocycles. The van der Waals surface area contributed by atoms with Crippen molar-refractivity contribution in [2.45, 2.75) is 5.66 Å². The monoisotopic (exact) mass is 320 g/mol. The van der Waals surface area contributed by atoms with Crippen molar-refractivity contribution in [3.63, 3.8) is 0 Å². The molecule has 3 rings (SSSR count). The van der Waals surface area contributed by atoms with E-state index in [1.54, 1.807) is 6.20 Å². The van der Waals surface area contributed by atoms with Crippen molar-refractivity contribution in [3.8, 4) is 0 Å². The van der Waals surface area contributed by atoms with E-state index in [0.29, 0.717) is 11.0 Å². The van der Waals surface area contributed by atoms with Crippen LogP contribution in [0.15, 0.2) is 41.0 Å². The lowest BCUT2D eigenvalue weighted by Gasteiger charge is -2.39. The summed E-state index contributed by atoms with van der Waals surface area (Å²) in [6.07, 6.45) is 1.77. The van der Waals surface area contributed by atoms with Crippen LogP contribution in [0.3, 0.4) is 0 Å². The molecule has 0 spiro atoms.